The zero-order chi connectivity index (χ0) is 13.2. The maximum atomic E-state index is 13.1. The van der Waals surface area contributed by atoms with E-state index in [1.54, 1.807) is 12.4 Å². The van der Waals surface area contributed by atoms with Crippen molar-refractivity contribution < 1.29 is 13.6 Å². The fraction of sp³-hybridized carbons (Fsp3) is 0.692. The SMILES string of the molecule is CCCn1ccnc1C(=O)C1CCC(F)(F)CC1. The molecular formula is C13H18F2N2O. The Kier molecular flexibility index (Phi) is 3.78. The molecule has 1 aromatic heterocycles. The third-order valence-electron chi connectivity index (χ3n) is 3.49. The highest BCUT2D eigenvalue weighted by Gasteiger charge is 2.38. The number of Topliss-reactive ketones (excluding diaryl/α,β-unsaturated/α-hetero) is 1. The number of nitrogens with zero attached hydrogens (tertiary/aromatic N) is 2. The zero-order valence-electron chi connectivity index (χ0n) is 10.5. The van der Waals surface area contributed by atoms with Gasteiger partial charge in [0.25, 0.3) is 0 Å². The molecule has 0 radical (unpaired) electrons. The molecule has 0 spiro atoms. The summed E-state index contributed by atoms with van der Waals surface area (Å²) in [5.41, 5.74) is 0. The minimum atomic E-state index is -2.59. The number of carbonyl (C=O) groups is 1. The van der Waals surface area contributed by atoms with Gasteiger partial charge in [0.05, 0.1) is 0 Å². The third-order valence-corrected chi connectivity index (χ3v) is 3.49. The van der Waals surface area contributed by atoms with E-state index in [1.807, 2.05) is 11.5 Å². The lowest BCUT2D eigenvalue weighted by Gasteiger charge is -2.27. The molecule has 1 fully saturated rings. The highest BCUT2D eigenvalue weighted by molar-refractivity contribution is 5.94. The van der Waals surface area contributed by atoms with Crippen molar-refractivity contribution in [2.24, 2.45) is 5.92 Å². The fourth-order valence-corrected chi connectivity index (χ4v) is 2.44. The zero-order valence-corrected chi connectivity index (χ0v) is 10.5. The van der Waals surface area contributed by atoms with Crippen molar-refractivity contribution >= 4 is 5.78 Å². The fourth-order valence-electron chi connectivity index (χ4n) is 2.44. The molecule has 100 valence electrons. The predicted octanol–water partition coefficient (Wildman–Crippen LogP) is 3.30. The first-order valence-electron chi connectivity index (χ1n) is 6.46. The van der Waals surface area contributed by atoms with E-state index in [1.165, 1.54) is 0 Å². The number of imidazole rings is 1. The molecule has 1 aliphatic rings. The number of hydrogen-bond donors (Lipinski definition) is 0. The van der Waals surface area contributed by atoms with Crippen LogP contribution in [0.5, 0.6) is 0 Å². The van der Waals surface area contributed by atoms with E-state index >= 15 is 0 Å². The second-order valence-electron chi connectivity index (χ2n) is 4.94. The number of hydrogen-bond acceptors (Lipinski definition) is 2. The molecule has 0 bridgehead atoms. The van der Waals surface area contributed by atoms with Gasteiger partial charge in [0.15, 0.2) is 5.82 Å². The smallest absolute Gasteiger partial charge is 0.248 e. The van der Waals surface area contributed by atoms with Gasteiger partial charge in [-0.3, -0.25) is 4.79 Å². The summed E-state index contributed by atoms with van der Waals surface area (Å²) in [5.74, 6) is -2.53. The summed E-state index contributed by atoms with van der Waals surface area (Å²) in [6, 6.07) is 0. The first kappa shape index (κ1) is 13.2. The van der Waals surface area contributed by atoms with Gasteiger partial charge in [-0.25, -0.2) is 13.8 Å². The van der Waals surface area contributed by atoms with E-state index in [0.717, 1.165) is 13.0 Å². The van der Waals surface area contributed by atoms with E-state index in [-0.39, 0.29) is 37.4 Å². The van der Waals surface area contributed by atoms with Crippen LogP contribution in [0.3, 0.4) is 0 Å². The highest BCUT2D eigenvalue weighted by Crippen LogP contribution is 2.37. The summed E-state index contributed by atoms with van der Waals surface area (Å²) in [7, 11) is 0. The number of alkyl halides is 2. The molecule has 18 heavy (non-hydrogen) atoms. The Bertz CT molecular complexity index is 418. The molecule has 0 saturated heterocycles. The first-order valence-corrected chi connectivity index (χ1v) is 6.46. The van der Waals surface area contributed by atoms with Crippen LogP contribution in [0.2, 0.25) is 0 Å². The van der Waals surface area contributed by atoms with Gasteiger partial charge in [0.2, 0.25) is 11.7 Å². The van der Waals surface area contributed by atoms with Crippen molar-refractivity contribution in [1.82, 2.24) is 9.55 Å². The topological polar surface area (TPSA) is 34.9 Å². The maximum Gasteiger partial charge on any atom is 0.248 e. The Morgan fingerprint density at radius 1 is 1.50 bits per heavy atom. The lowest BCUT2D eigenvalue weighted by Crippen LogP contribution is -2.30. The van der Waals surface area contributed by atoms with Crippen molar-refractivity contribution in [2.45, 2.75) is 51.5 Å². The molecule has 3 nitrogen and oxygen atoms in total. The molecule has 1 aromatic rings. The second-order valence-corrected chi connectivity index (χ2v) is 4.94. The Morgan fingerprint density at radius 2 is 2.17 bits per heavy atom. The van der Waals surface area contributed by atoms with Crippen molar-refractivity contribution in [1.29, 1.82) is 0 Å². The van der Waals surface area contributed by atoms with Gasteiger partial charge in [-0.05, 0) is 19.3 Å². The Labute approximate surface area is 105 Å². The monoisotopic (exact) mass is 256 g/mol. The number of aryl methyl sites for hydroxylation is 1. The largest absolute Gasteiger partial charge is 0.329 e. The van der Waals surface area contributed by atoms with Gasteiger partial charge in [-0.15, -0.1) is 0 Å². The van der Waals surface area contributed by atoms with Crippen molar-refractivity contribution in [3.05, 3.63) is 18.2 Å². The normalized spacial score (nSPS) is 19.9. The quantitative estimate of drug-likeness (QED) is 0.775. The molecule has 0 atom stereocenters. The van der Waals surface area contributed by atoms with Gasteiger partial charge >= 0.3 is 0 Å². The molecule has 0 aromatic carbocycles. The van der Waals surface area contributed by atoms with E-state index < -0.39 is 5.92 Å². The predicted molar refractivity (Wildman–Crippen MR) is 63.8 cm³/mol. The molecule has 0 N–H and O–H groups in total. The maximum absolute atomic E-state index is 13.1. The van der Waals surface area contributed by atoms with E-state index in [9.17, 15) is 13.6 Å². The van der Waals surface area contributed by atoms with Crippen LogP contribution in [0.25, 0.3) is 0 Å². The molecule has 0 aliphatic heterocycles. The van der Waals surface area contributed by atoms with Crippen LogP contribution in [-0.2, 0) is 6.54 Å². The van der Waals surface area contributed by atoms with Crippen LogP contribution in [0, 0.1) is 5.92 Å². The van der Waals surface area contributed by atoms with Crippen LogP contribution in [0.15, 0.2) is 12.4 Å². The van der Waals surface area contributed by atoms with Crippen LogP contribution in [0.1, 0.15) is 49.6 Å². The lowest BCUT2D eigenvalue weighted by atomic mass is 9.84. The molecule has 2 rings (SSSR count). The first-order chi connectivity index (χ1) is 8.53. The number of carbonyl (C=O) groups excluding carboxylic acids is 1. The van der Waals surface area contributed by atoms with Crippen molar-refractivity contribution in [3.8, 4) is 0 Å². The van der Waals surface area contributed by atoms with Gasteiger partial charge in [0.1, 0.15) is 0 Å². The average Bonchev–Trinajstić information content (AvgIpc) is 2.77. The standard InChI is InChI=1S/C13H18F2N2O/c1-2-8-17-9-7-16-12(17)11(18)10-3-5-13(14,15)6-4-10/h7,9-10H,2-6,8H2,1H3. The molecular weight excluding hydrogens is 238 g/mol. The molecule has 0 unspecified atom stereocenters. The Morgan fingerprint density at radius 3 is 2.78 bits per heavy atom. The van der Waals surface area contributed by atoms with E-state index in [4.69, 9.17) is 0 Å². The summed E-state index contributed by atoms with van der Waals surface area (Å²) in [6.45, 7) is 2.76. The van der Waals surface area contributed by atoms with Crippen LogP contribution < -0.4 is 0 Å². The summed E-state index contributed by atoms with van der Waals surface area (Å²) in [4.78, 5) is 16.3. The average molecular weight is 256 g/mol. The summed E-state index contributed by atoms with van der Waals surface area (Å²) >= 11 is 0. The molecule has 0 amide bonds. The van der Waals surface area contributed by atoms with Crippen LogP contribution in [0.4, 0.5) is 8.78 Å². The van der Waals surface area contributed by atoms with Crippen molar-refractivity contribution in [3.63, 3.8) is 0 Å². The lowest BCUT2D eigenvalue weighted by molar-refractivity contribution is -0.0425. The number of rotatable bonds is 4. The molecule has 1 saturated carbocycles. The highest BCUT2D eigenvalue weighted by atomic mass is 19.3. The minimum Gasteiger partial charge on any atom is -0.329 e. The summed E-state index contributed by atoms with van der Waals surface area (Å²) in [5, 5.41) is 0. The van der Waals surface area contributed by atoms with Crippen LogP contribution >= 0.6 is 0 Å². The number of ketones is 1. The van der Waals surface area contributed by atoms with Gasteiger partial charge in [-0.1, -0.05) is 6.92 Å². The Hall–Kier alpha value is -1.26. The van der Waals surface area contributed by atoms with Crippen LogP contribution in [-0.4, -0.2) is 21.3 Å². The van der Waals surface area contributed by atoms with E-state index in [2.05, 4.69) is 4.98 Å². The van der Waals surface area contributed by atoms with Gasteiger partial charge in [-0.2, -0.15) is 0 Å². The second kappa shape index (κ2) is 5.16. The summed E-state index contributed by atoms with van der Waals surface area (Å²) in [6.07, 6.45) is 4.46. The minimum absolute atomic E-state index is 0.0797. The molecule has 1 aliphatic carbocycles. The van der Waals surface area contributed by atoms with E-state index in [0.29, 0.717) is 5.82 Å². The van der Waals surface area contributed by atoms with Gasteiger partial charge < -0.3 is 4.57 Å². The third kappa shape index (κ3) is 2.76. The number of halogens is 2. The van der Waals surface area contributed by atoms with Crippen molar-refractivity contribution in [2.75, 3.05) is 0 Å². The Balaban J connectivity index is 2.05. The number of aromatic nitrogens is 2. The summed E-state index contributed by atoms with van der Waals surface area (Å²) < 4.78 is 27.9. The molecule has 1 heterocycles. The molecule has 5 heteroatoms. The van der Waals surface area contributed by atoms with Gasteiger partial charge in [0, 0.05) is 37.7 Å².